The van der Waals surface area contributed by atoms with Crippen LogP contribution in [0, 0.1) is 0 Å². The van der Waals surface area contributed by atoms with Gasteiger partial charge in [0.15, 0.2) is 4.34 Å². The molecule has 0 fully saturated rings. The first kappa shape index (κ1) is 14.7. The molecule has 0 aliphatic rings. The molecule has 1 amide bonds. The molecule has 0 saturated heterocycles. The molecule has 0 atom stereocenters. The van der Waals surface area contributed by atoms with Gasteiger partial charge in [-0.05, 0) is 11.8 Å². The van der Waals surface area contributed by atoms with Crippen LogP contribution in [0.15, 0.2) is 45.3 Å². The van der Waals surface area contributed by atoms with Crippen molar-refractivity contribution in [3.8, 4) is 0 Å². The molecular formula is C14H12N4O2S2. The molecule has 0 spiro atoms. The van der Waals surface area contributed by atoms with Gasteiger partial charge in [-0.1, -0.05) is 58.6 Å². The van der Waals surface area contributed by atoms with E-state index in [1.165, 1.54) is 23.1 Å². The number of nitrogens with zero attached hydrogens (tertiary/aromatic N) is 3. The Bertz CT molecular complexity index is 770. The fourth-order valence-electron chi connectivity index (χ4n) is 1.81. The van der Waals surface area contributed by atoms with Crippen LogP contribution >= 0.6 is 23.1 Å². The highest BCUT2D eigenvalue weighted by Gasteiger charge is 2.15. The van der Waals surface area contributed by atoms with Crippen LogP contribution in [0.3, 0.4) is 0 Å². The Balaban J connectivity index is 1.66. The lowest BCUT2D eigenvalue weighted by molar-refractivity contribution is 0.0987. The maximum absolute atomic E-state index is 12.1. The number of amides is 1. The Labute approximate surface area is 134 Å². The molecule has 0 aliphatic heterocycles. The van der Waals surface area contributed by atoms with Crippen LogP contribution in [0.5, 0.6) is 0 Å². The highest BCUT2D eigenvalue weighted by Crippen LogP contribution is 2.23. The average molecular weight is 332 g/mol. The van der Waals surface area contributed by atoms with Gasteiger partial charge in [0.2, 0.25) is 10.9 Å². The predicted molar refractivity (Wildman–Crippen MR) is 85.4 cm³/mol. The topological polar surface area (TPSA) is 80.9 Å². The minimum absolute atomic E-state index is 0.159. The summed E-state index contributed by atoms with van der Waals surface area (Å²) in [6.45, 7) is 0. The minimum atomic E-state index is -0.379. The zero-order chi connectivity index (χ0) is 15.4. The Morgan fingerprint density at radius 1 is 1.32 bits per heavy atom. The number of thioether (sulfide) groups is 1. The molecule has 3 aromatic rings. The fraction of sp³-hybridized carbons (Fsp3) is 0.143. The first-order valence-corrected chi connectivity index (χ1v) is 8.47. The van der Waals surface area contributed by atoms with Crippen LogP contribution in [0.1, 0.15) is 21.8 Å². The molecule has 112 valence electrons. The summed E-state index contributed by atoms with van der Waals surface area (Å²) >= 11 is 2.79. The molecule has 22 heavy (non-hydrogen) atoms. The molecule has 1 N–H and O–H groups in total. The van der Waals surface area contributed by atoms with Crippen molar-refractivity contribution < 1.29 is 9.32 Å². The molecule has 8 heteroatoms. The summed E-state index contributed by atoms with van der Waals surface area (Å²) in [5.41, 5.74) is 1.81. The maximum Gasteiger partial charge on any atom is 0.296 e. The summed E-state index contributed by atoms with van der Waals surface area (Å²) in [5, 5.41) is 14.8. The predicted octanol–water partition coefficient (Wildman–Crippen LogP) is 3.09. The molecule has 0 radical (unpaired) electrons. The number of hydrogen-bond acceptors (Lipinski definition) is 7. The zero-order valence-electron chi connectivity index (χ0n) is 11.6. The first-order valence-electron chi connectivity index (χ1n) is 6.43. The quantitative estimate of drug-likeness (QED) is 0.571. The van der Waals surface area contributed by atoms with Crippen LogP contribution in [0.4, 0.5) is 5.13 Å². The van der Waals surface area contributed by atoms with E-state index in [9.17, 15) is 4.79 Å². The molecular weight excluding hydrogens is 320 g/mol. The number of aromatic nitrogens is 3. The minimum Gasteiger partial charge on any atom is -0.351 e. The normalized spacial score (nSPS) is 10.6. The molecule has 2 heterocycles. The van der Waals surface area contributed by atoms with Gasteiger partial charge in [-0.25, -0.2) is 0 Å². The number of rotatable bonds is 5. The summed E-state index contributed by atoms with van der Waals surface area (Å²) in [4.78, 5) is 12.1. The smallest absolute Gasteiger partial charge is 0.296 e. The Morgan fingerprint density at radius 2 is 2.14 bits per heavy atom. The lowest BCUT2D eigenvalue weighted by Gasteiger charge is -1.95. The van der Waals surface area contributed by atoms with Crippen molar-refractivity contribution >= 4 is 34.1 Å². The third kappa shape index (κ3) is 3.52. The van der Waals surface area contributed by atoms with Crippen LogP contribution in [0.25, 0.3) is 0 Å². The Kier molecular flexibility index (Phi) is 4.50. The number of hydrogen-bond donors (Lipinski definition) is 1. The van der Waals surface area contributed by atoms with E-state index in [1.807, 2.05) is 36.6 Å². The summed E-state index contributed by atoms with van der Waals surface area (Å²) in [6.07, 6.45) is 2.52. The van der Waals surface area contributed by atoms with Crippen LogP contribution in [0.2, 0.25) is 0 Å². The fourth-order valence-corrected chi connectivity index (χ4v) is 2.97. The van der Waals surface area contributed by atoms with Gasteiger partial charge >= 0.3 is 0 Å². The molecule has 3 rings (SSSR count). The van der Waals surface area contributed by atoms with Gasteiger partial charge in [0.25, 0.3) is 5.91 Å². The summed E-state index contributed by atoms with van der Waals surface area (Å²) in [7, 11) is 0. The monoisotopic (exact) mass is 332 g/mol. The van der Waals surface area contributed by atoms with Crippen LogP contribution in [-0.2, 0) is 6.42 Å². The molecule has 0 saturated carbocycles. The third-order valence-electron chi connectivity index (χ3n) is 2.81. The van der Waals surface area contributed by atoms with Gasteiger partial charge in [-0.2, -0.15) is 0 Å². The second-order valence-electron chi connectivity index (χ2n) is 4.38. The van der Waals surface area contributed by atoms with Gasteiger partial charge in [-0.3, -0.25) is 10.1 Å². The lowest BCUT2D eigenvalue weighted by atomic mass is 10.1. The van der Waals surface area contributed by atoms with Gasteiger partial charge in [-0.15, -0.1) is 10.2 Å². The van der Waals surface area contributed by atoms with Crippen LogP contribution < -0.4 is 5.32 Å². The lowest BCUT2D eigenvalue weighted by Crippen LogP contribution is -2.10. The number of carbonyl (C=O) groups excluding carboxylic acids is 1. The van der Waals surface area contributed by atoms with E-state index in [0.717, 1.165) is 9.90 Å². The highest BCUT2D eigenvalue weighted by molar-refractivity contribution is 8.00. The number of nitrogens with one attached hydrogen (secondary N) is 1. The number of carbonyl (C=O) groups is 1. The van der Waals surface area contributed by atoms with Gasteiger partial charge in [0.1, 0.15) is 0 Å². The van der Waals surface area contributed by atoms with Crippen molar-refractivity contribution in [3.05, 3.63) is 53.4 Å². The molecule has 0 aliphatic carbocycles. The standard InChI is InChI=1S/C14H12N4O2S2/c1-21-14-17-16-13(22-14)15-12(19)11-8-10(18-20-11)7-9-5-3-2-4-6-9/h2-6,8H,7H2,1H3,(H,15,16,19). The molecule has 2 aromatic heterocycles. The highest BCUT2D eigenvalue weighted by atomic mass is 32.2. The van der Waals surface area contributed by atoms with Crippen molar-refractivity contribution in [3.63, 3.8) is 0 Å². The average Bonchev–Trinajstić information content (AvgIpc) is 3.17. The van der Waals surface area contributed by atoms with E-state index < -0.39 is 0 Å². The van der Waals surface area contributed by atoms with E-state index in [0.29, 0.717) is 17.2 Å². The van der Waals surface area contributed by atoms with Gasteiger partial charge in [0.05, 0.1) is 5.69 Å². The number of benzene rings is 1. The van der Waals surface area contributed by atoms with E-state index >= 15 is 0 Å². The molecule has 1 aromatic carbocycles. The summed E-state index contributed by atoms with van der Waals surface area (Å²) in [6, 6.07) is 11.5. The van der Waals surface area contributed by atoms with E-state index in [-0.39, 0.29) is 11.7 Å². The molecule has 0 bridgehead atoms. The second-order valence-corrected chi connectivity index (χ2v) is 6.41. The molecule has 0 unspecified atom stereocenters. The first-order chi connectivity index (χ1) is 10.7. The van der Waals surface area contributed by atoms with Crippen molar-refractivity contribution in [2.45, 2.75) is 10.8 Å². The summed E-state index contributed by atoms with van der Waals surface area (Å²) in [5.74, 6) is -0.220. The molecule has 6 nitrogen and oxygen atoms in total. The van der Waals surface area contributed by atoms with E-state index in [2.05, 4.69) is 20.7 Å². The Morgan fingerprint density at radius 3 is 2.86 bits per heavy atom. The maximum atomic E-state index is 12.1. The third-order valence-corrected chi connectivity index (χ3v) is 4.63. The zero-order valence-corrected chi connectivity index (χ0v) is 13.3. The summed E-state index contributed by atoms with van der Waals surface area (Å²) < 4.78 is 5.88. The number of anilines is 1. The largest absolute Gasteiger partial charge is 0.351 e. The van der Waals surface area contributed by atoms with Crippen molar-refractivity contribution in [2.75, 3.05) is 11.6 Å². The van der Waals surface area contributed by atoms with Crippen molar-refractivity contribution in [1.29, 1.82) is 0 Å². The van der Waals surface area contributed by atoms with Crippen molar-refractivity contribution in [1.82, 2.24) is 15.4 Å². The van der Waals surface area contributed by atoms with Crippen LogP contribution in [-0.4, -0.2) is 27.5 Å². The van der Waals surface area contributed by atoms with Gasteiger partial charge < -0.3 is 4.52 Å². The SMILES string of the molecule is CSc1nnc(NC(=O)c2cc(Cc3ccccc3)no2)s1. The van der Waals surface area contributed by atoms with Gasteiger partial charge in [0, 0.05) is 12.5 Å². The van der Waals surface area contributed by atoms with E-state index in [1.54, 1.807) is 6.07 Å². The Hall–Kier alpha value is -2.19. The second kappa shape index (κ2) is 6.71. The van der Waals surface area contributed by atoms with E-state index in [4.69, 9.17) is 4.52 Å². The van der Waals surface area contributed by atoms with Crippen molar-refractivity contribution in [2.24, 2.45) is 0 Å².